The lowest BCUT2D eigenvalue weighted by molar-refractivity contribution is 0.261. The van der Waals surface area contributed by atoms with E-state index < -0.39 is 0 Å². The van der Waals surface area contributed by atoms with Crippen LogP contribution in [-0.2, 0) is 13.0 Å². The van der Waals surface area contributed by atoms with Crippen molar-refractivity contribution < 1.29 is 4.74 Å². The number of benzene rings is 1. The molecule has 15 heavy (non-hydrogen) atoms. The molecule has 0 N–H and O–H groups in total. The van der Waals surface area contributed by atoms with E-state index in [9.17, 15) is 0 Å². The Morgan fingerprint density at radius 2 is 2.20 bits per heavy atom. The first kappa shape index (κ1) is 10.5. The summed E-state index contributed by atoms with van der Waals surface area (Å²) in [6, 6.07) is 6.41. The van der Waals surface area contributed by atoms with Crippen LogP contribution in [0.1, 0.15) is 25.0 Å². The Kier molecular flexibility index (Phi) is 3.27. The van der Waals surface area contributed by atoms with Crippen LogP contribution in [-0.4, -0.2) is 24.6 Å². The van der Waals surface area contributed by atoms with Crippen molar-refractivity contribution in [2.45, 2.75) is 26.8 Å². The lowest BCUT2D eigenvalue weighted by atomic mass is 9.99. The van der Waals surface area contributed by atoms with Crippen LogP contribution < -0.4 is 4.74 Å². The Morgan fingerprint density at radius 3 is 2.93 bits per heavy atom. The zero-order valence-corrected chi connectivity index (χ0v) is 9.62. The van der Waals surface area contributed by atoms with E-state index in [1.165, 1.54) is 11.1 Å². The number of ether oxygens (including phenoxy) is 1. The van der Waals surface area contributed by atoms with Gasteiger partial charge in [-0.3, -0.25) is 4.90 Å². The highest BCUT2D eigenvalue weighted by atomic mass is 16.5. The normalized spacial score (nSPS) is 16.1. The first-order valence-corrected chi connectivity index (χ1v) is 5.81. The van der Waals surface area contributed by atoms with Crippen molar-refractivity contribution in [3.63, 3.8) is 0 Å². The molecule has 0 saturated carbocycles. The van der Waals surface area contributed by atoms with Crippen LogP contribution >= 0.6 is 0 Å². The lowest BCUT2D eigenvalue weighted by Gasteiger charge is -2.28. The monoisotopic (exact) mass is 205 g/mol. The van der Waals surface area contributed by atoms with E-state index in [2.05, 4.69) is 30.0 Å². The minimum atomic E-state index is 0.758. The molecule has 2 rings (SSSR count). The van der Waals surface area contributed by atoms with Gasteiger partial charge in [-0.05, 0) is 37.1 Å². The fourth-order valence-corrected chi connectivity index (χ4v) is 2.19. The van der Waals surface area contributed by atoms with E-state index in [-0.39, 0.29) is 0 Å². The van der Waals surface area contributed by atoms with Gasteiger partial charge in [-0.15, -0.1) is 0 Å². The van der Waals surface area contributed by atoms with Crippen molar-refractivity contribution in [1.82, 2.24) is 4.90 Å². The second-order valence-corrected chi connectivity index (χ2v) is 3.95. The van der Waals surface area contributed by atoms with Gasteiger partial charge in [0, 0.05) is 13.1 Å². The van der Waals surface area contributed by atoms with Gasteiger partial charge in [0.15, 0.2) is 0 Å². The Balaban J connectivity index is 2.25. The quantitative estimate of drug-likeness (QED) is 0.751. The molecule has 0 unspecified atom stereocenters. The summed E-state index contributed by atoms with van der Waals surface area (Å²) in [6.07, 6.45) is 1.12. The highest BCUT2D eigenvalue weighted by Crippen LogP contribution is 2.27. The van der Waals surface area contributed by atoms with Gasteiger partial charge < -0.3 is 4.74 Å². The molecule has 0 aromatic heterocycles. The third-order valence-electron chi connectivity index (χ3n) is 3.05. The largest absolute Gasteiger partial charge is 0.494 e. The third-order valence-corrected chi connectivity index (χ3v) is 3.05. The summed E-state index contributed by atoms with van der Waals surface area (Å²) in [4.78, 5) is 2.47. The van der Waals surface area contributed by atoms with Gasteiger partial charge >= 0.3 is 0 Å². The SMILES string of the molecule is CCOc1cccc2c1CCN(CC)C2. The van der Waals surface area contributed by atoms with E-state index in [1.54, 1.807) is 0 Å². The molecule has 1 aliphatic rings. The average molecular weight is 205 g/mol. The maximum Gasteiger partial charge on any atom is 0.122 e. The molecule has 0 bridgehead atoms. The minimum absolute atomic E-state index is 0.758. The summed E-state index contributed by atoms with van der Waals surface area (Å²) in [6.45, 7) is 8.39. The smallest absolute Gasteiger partial charge is 0.122 e. The van der Waals surface area contributed by atoms with Crippen LogP contribution in [0.15, 0.2) is 18.2 Å². The Bertz CT molecular complexity index is 335. The van der Waals surface area contributed by atoms with Crippen molar-refractivity contribution in [2.24, 2.45) is 0 Å². The molecule has 2 nitrogen and oxygen atoms in total. The second kappa shape index (κ2) is 4.67. The van der Waals surface area contributed by atoms with Gasteiger partial charge in [0.05, 0.1) is 6.61 Å². The highest BCUT2D eigenvalue weighted by molar-refractivity contribution is 5.41. The predicted molar refractivity (Wildman–Crippen MR) is 62.3 cm³/mol. The first-order valence-electron chi connectivity index (χ1n) is 5.81. The Labute approximate surface area is 91.9 Å². The van der Waals surface area contributed by atoms with Gasteiger partial charge in [0.2, 0.25) is 0 Å². The number of rotatable bonds is 3. The van der Waals surface area contributed by atoms with Crippen molar-refractivity contribution in [3.8, 4) is 5.75 Å². The van der Waals surface area contributed by atoms with Crippen LogP contribution in [0, 0.1) is 0 Å². The van der Waals surface area contributed by atoms with Crippen LogP contribution in [0.25, 0.3) is 0 Å². The molecule has 0 spiro atoms. The van der Waals surface area contributed by atoms with Crippen LogP contribution in [0.5, 0.6) is 5.75 Å². The average Bonchev–Trinajstić information content (AvgIpc) is 2.29. The van der Waals surface area contributed by atoms with Crippen LogP contribution in [0.3, 0.4) is 0 Å². The number of nitrogens with zero attached hydrogens (tertiary/aromatic N) is 1. The van der Waals surface area contributed by atoms with Gasteiger partial charge in [0.25, 0.3) is 0 Å². The fourth-order valence-electron chi connectivity index (χ4n) is 2.19. The zero-order chi connectivity index (χ0) is 10.7. The summed E-state index contributed by atoms with van der Waals surface area (Å²) >= 11 is 0. The molecule has 0 amide bonds. The van der Waals surface area contributed by atoms with Crippen molar-refractivity contribution in [1.29, 1.82) is 0 Å². The second-order valence-electron chi connectivity index (χ2n) is 3.95. The fraction of sp³-hybridized carbons (Fsp3) is 0.538. The summed E-state index contributed by atoms with van der Waals surface area (Å²) in [5.74, 6) is 1.09. The molecule has 0 fully saturated rings. The Hall–Kier alpha value is -1.02. The molecule has 2 heteroatoms. The summed E-state index contributed by atoms with van der Waals surface area (Å²) < 4.78 is 5.65. The highest BCUT2D eigenvalue weighted by Gasteiger charge is 2.17. The van der Waals surface area contributed by atoms with E-state index in [4.69, 9.17) is 4.74 Å². The van der Waals surface area contributed by atoms with Crippen LogP contribution in [0.2, 0.25) is 0 Å². The molecule has 1 aliphatic heterocycles. The van der Waals surface area contributed by atoms with Crippen molar-refractivity contribution in [3.05, 3.63) is 29.3 Å². The molecule has 0 radical (unpaired) electrons. The van der Waals surface area contributed by atoms with E-state index in [1.807, 2.05) is 6.92 Å². The third kappa shape index (κ3) is 2.15. The predicted octanol–water partition coefficient (Wildman–Crippen LogP) is 2.46. The van der Waals surface area contributed by atoms with Gasteiger partial charge in [0.1, 0.15) is 5.75 Å². The Morgan fingerprint density at radius 1 is 1.33 bits per heavy atom. The maximum absolute atomic E-state index is 5.65. The van der Waals surface area contributed by atoms with Crippen LogP contribution in [0.4, 0.5) is 0 Å². The molecule has 1 heterocycles. The molecule has 0 atom stereocenters. The number of likely N-dealkylation sites (N-methyl/N-ethyl adjacent to an activating group) is 1. The summed E-state index contributed by atoms with van der Waals surface area (Å²) in [7, 11) is 0. The van der Waals surface area contributed by atoms with Crippen molar-refractivity contribution >= 4 is 0 Å². The molecule has 1 aromatic carbocycles. The van der Waals surface area contributed by atoms with E-state index in [0.29, 0.717) is 0 Å². The molecule has 0 aliphatic carbocycles. The van der Waals surface area contributed by atoms with E-state index >= 15 is 0 Å². The van der Waals surface area contributed by atoms with Gasteiger partial charge in [-0.2, -0.15) is 0 Å². The molecular formula is C13H19NO. The van der Waals surface area contributed by atoms with Crippen molar-refractivity contribution in [2.75, 3.05) is 19.7 Å². The maximum atomic E-state index is 5.65. The molecular weight excluding hydrogens is 186 g/mol. The minimum Gasteiger partial charge on any atom is -0.494 e. The standard InChI is InChI=1S/C13H19NO/c1-3-14-9-8-12-11(10-14)6-5-7-13(12)15-4-2/h5-7H,3-4,8-10H2,1-2H3. The van der Waals surface area contributed by atoms with Gasteiger partial charge in [-0.25, -0.2) is 0 Å². The first-order chi connectivity index (χ1) is 7.35. The number of hydrogen-bond donors (Lipinski definition) is 0. The summed E-state index contributed by atoms with van der Waals surface area (Å²) in [5.41, 5.74) is 2.86. The summed E-state index contributed by atoms with van der Waals surface area (Å²) in [5, 5.41) is 0. The number of fused-ring (bicyclic) bond motifs is 1. The topological polar surface area (TPSA) is 12.5 Å². The zero-order valence-electron chi connectivity index (χ0n) is 9.62. The molecule has 82 valence electrons. The lowest BCUT2D eigenvalue weighted by Crippen LogP contribution is -2.30. The molecule has 1 aromatic rings. The molecule has 0 saturated heterocycles. The number of hydrogen-bond acceptors (Lipinski definition) is 2. The van der Waals surface area contributed by atoms with Gasteiger partial charge in [-0.1, -0.05) is 19.1 Å². The van der Waals surface area contributed by atoms with E-state index in [0.717, 1.165) is 38.4 Å².